The van der Waals surface area contributed by atoms with E-state index in [1.807, 2.05) is 51.2 Å². The van der Waals surface area contributed by atoms with E-state index in [1.54, 1.807) is 60.7 Å². The average Bonchev–Trinajstić information content (AvgIpc) is 2.81. The van der Waals surface area contributed by atoms with Crippen molar-refractivity contribution in [1.82, 2.24) is 0 Å². The number of hydrogen-bond donors (Lipinski definition) is 1. The number of benzene rings is 4. The normalized spacial score (nSPS) is 11.9. The largest absolute Gasteiger partial charge is 0.379 e. The maximum absolute atomic E-state index is 13.3. The summed E-state index contributed by atoms with van der Waals surface area (Å²) < 4.78 is 69.5. The minimum Gasteiger partial charge on any atom is -0.379 e. The molecule has 0 heterocycles. The molecule has 180 valence electrons. The molecule has 11 heteroatoms. The van der Waals surface area contributed by atoms with Gasteiger partial charge in [0.2, 0.25) is 0 Å². The van der Waals surface area contributed by atoms with Gasteiger partial charge in [-0.05, 0) is 103 Å². The van der Waals surface area contributed by atoms with Crippen molar-refractivity contribution < 1.29 is 25.6 Å². The number of hydrogen-bond acceptors (Lipinski definition) is 5. The Bertz CT molecular complexity index is 1560. The number of halogens is 3. The van der Waals surface area contributed by atoms with Gasteiger partial charge < -0.3 is 4.18 Å². The summed E-state index contributed by atoms with van der Waals surface area (Å²) in [5.74, 6) is -0.0835. The van der Waals surface area contributed by atoms with Gasteiger partial charge >= 0.3 is 10.1 Å². The van der Waals surface area contributed by atoms with Crippen molar-refractivity contribution in [2.45, 2.75) is 9.79 Å². The van der Waals surface area contributed by atoms with Crippen LogP contribution in [0.15, 0.2) is 94.7 Å². The molecule has 0 aliphatic rings. The van der Waals surface area contributed by atoms with Gasteiger partial charge in [-0.15, -0.1) is 0 Å². The predicted octanol–water partition coefficient (Wildman–Crippen LogP) is 6.85. The highest BCUT2D eigenvalue weighted by atomic mass is 127. The molecule has 0 radical (unpaired) electrons. The van der Waals surface area contributed by atoms with Gasteiger partial charge in [0.05, 0.1) is 0 Å². The Morgan fingerprint density at radius 1 is 0.686 bits per heavy atom. The molecule has 4 rings (SSSR count). The highest BCUT2D eigenvalue weighted by Crippen LogP contribution is 2.40. The fraction of sp³-hybridized carbons (Fsp3) is 0. The van der Waals surface area contributed by atoms with Crippen LogP contribution in [0.1, 0.15) is 0 Å². The van der Waals surface area contributed by atoms with E-state index in [0.29, 0.717) is 14.7 Å². The van der Waals surface area contributed by atoms with Crippen molar-refractivity contribution in [3.05, 3.63) is 95.6 Å². The van der Waals surface area contributed by atoms with Gasteiger partial charge in [-0.2, -0.15) is 16.8 Å². The Balaban J connectivity index is 1.99. The maximum Gasteiger partial charge on any atom is 0.340 e. The standard InChI is InChI=1S/C24H15I3O6S2/c25-17-11-21(26)23(27)22(12-17)35(31,32)33-18-13-19(15-7-3-1-4-8-15)24(34(28,29)30)20(14-18)16-9-5-2-6-10-16/h1-14H,(H,28,29,30). The van der Waals surface area contributed by atoms with Crippen LogP contribution in [-0.4, -0.2) is 21.4 Å². The van der Waals surface area contributed by atoms with Gasteiger partial charge in [-0.3, -0.25) is 4.55 Å². The molecule has 0 aliphatic heterocycles. The quantitative estimate of drug-likeness (QED) is 0.0989. The second-order valence-corrected chi connectivity index (χ2v) is 13.7. The molecule has 0 aromatic heterocycles. The first kappa shape index (κ1) is 26.8. The smallest absolute Gasteiger partial charge is 0.340 e. The molecular formula is C24H15I3O6S2. The van der Waals surface area contributed by atoms with Crippen molar-refractivity contribution in [1.29, 1.82) is 0 Å². The summed E-state index contributed by atoms with van der Waals surface area (Å²) in [6, 6.07) is 23.1. The van der Waals surface area contributed by atoms with Crippen LogP contribution >= 0.6 is 67.8 Å². The van der Waals surface area contributed by atoms with Gasteiger partial charge in [-0.25, -0.2) is 0 Å². The van der Waals surface area contributed by atoms with E-state index in [2.05, 4.69) is 22.6 Å². The lowest BCUT2D eigenvalue weighted by atomic mass is 9.98. The van der Waals surface area contributed by atoms with Gasteiger partial charge in [0.1, 0.15) is 15.5 Å². The average molecular weight is 844 g/mol. The van der Waals surface area contributed by atoms with Crippen LogP contribution in [0, 0.1) is 10.7 Å². The van der Waals surface area contributed by atoms with Crippen LogP contribution < -0.4 is 4.18 Å². The van der Waals surface area contributed by atoms with E-state index >= 15 is 0 Å². The molecule has 0 atom stereocenters. The van der Waals surface area contributed by atoms with Crippen LogP contribution in [0.5, 0.6) is 5.75 Å². The summed E-state index contributed by atoms with van der Waals surface area (Å²) in [6.45, 7) is 0. The summed E-state index contributed by atoms with van der Waals surface area (Å²) in [5, 5.41) is 0. The Kier molecular flexibility index (Phi) is 8.12. The molecule has 1 N–H and O–H groups in total. The maximum atomic E-state index is 13.3. The van der Waals surface area contributed by atoms with Gasteiger partial charge in [0.15, 0.2) is 0 Å². The van der Waals surface area contributed by atoms with E-state index in [0.717, 1.165) is 7.14 Å². The van der Waals surface area contributed by atoms with Crippen molar-refractivity contribution in [3.63, 3.8) is 0 Å². The fourth-order valence-corrected chi connectivity index (χ4v) is 8.79. The van der Waals surface area contributed by atoms with Crippen LogP contribution in [0.3, 0.4) is 0 Å². The molecule has 0 amide bonds. The zero-order valence-electron chi connectivity index (χ0n) is 17.5. The molecule has 0 spiro atoms. The highest BCUT2D eigenvalue weighted by molar-refractivity contribution is 14.1. The Hall–Kier alpha value is -1.27. The lowest BCUT2D eigenvalue weighted by Crippen LogP contribution is -2.13. The van der Waals surface area contributed by atoms with Gasteiger partial charge in [0.25, 0.3) is 10.1 Å². The van der Waals surface area contributed by atoms with Crippen molar-refractivity contribution in [2.75, 3.05) is 0 Å². The first-order valence-corrected chi connectivity index (χ1v) is 15.9. The van der Waals surface area contributed by atoms with Crippen molar-refractivity contribution in [2.24, 2.45) is 0 Å². The van der Waals surface area contributed by atoms with E-state index in [-0.39, 0.29) is 26.7 Å². The number of rotatable bonds is 6. The first-order valence-electron chi connectivity index (χ1n) is 9.83. The van der Waals surface area contributed by atoms with Crippen molar-refractivity contribution >= 4 is 88.0 Å². The SMILES string of the molecule is O=S(=O)(O)c1c(-c2ccccc2)cc(OS(=O)(=O)c2cc(I)cc(I)c2I)cc1-c1ccccc1. The van der Waals surface area contributed by atoms with Crippen LogP contribution in [-0.2, 0) is 20.2 Å². The Morgan fingerprint density at radius 2 is 1.17 bits per heavy atom. The molecule has 6 nitrogen and oxygen atoms in total. The molecule has 35 heavy (non-hydrogen) atoms. The predicted molar refractivity (Wildman–Crippen MR) is 160 cm³/mol. The molecule has 4 aromatic rings. The summed E-state index contributed by atoms with van der Waals surface area (Å²) in [4.78, 5) is -0.325. The molecule has 4 aromatic carbocycles. The van der Waals surface area contributed by atoms with E-state index in [9.17, 15) is 21.4 Å². The lowest BCUT2D eigenvalue weighted by Gasteiger charge is -2.17. The summed E-state index contributed by atoms with van der Waals surface area (Å²) in [7, 11) is -8.96. The van der Waals surface area contributed by atoms with E-state index in [4.69, 9.17) is 4.18 Å². The minimum absolute atomic E-state index is 0.00998. The monoisotopic (exact) mass is 844 g/mol. The first-order chi connectivity index (χ1) is 16.5. The van der Waals surface area contributed by atoms with Crippen LogP contribution in [0.4, 0.5) is 0 Å². The molecular weight excluding hydrogens is 829 g/mol. The van der Waals surface area contributed by atoms with Crippen LogP contribution in [0.25, 0.3) is 22.3 Å². The van der Waals surface area contributed by atoms with Crippen molar-refractivity contribution in [3.8, 4) is 28.0 Å². The topological polar surface area (TPSA) is 97.7 Å². The fourth-order valence-electron chi connectivity index (χ4n) is 3.48. The molecule has 0 saturated carbocycles. The summed E-state index contributed by atoms with van der Waals surface area (Å²) >= 11 is 6.05. The molecule has 0 fully saturated rings. The highest BCUT2D eigenvalue weighted by Gasteiger charge is 2.27. The van der Waals surface area contributed by atoms with E-state index < -0.39 is 20.2 Å². The molecule has 0 bridgehead atoms. The molecule has 0 unspecified atom stereocenters. The molecule has 0 saturated heterocycles. The third-order valence-electron chi connectivity index (χ3n) is 4.92. The summed E-state index contributed by atoms with van der Waals surface area (Å²) in [6.07, 6.45) is 0. The summed E-state index contributed by atoms with van der Waals surface area (Å²) in [5.41, 5.74) is 1.18. The minimum atomic E-state index is -4.70. The third-order valence-corrected chi connectivity index (χ3v) is 11.2. The van der Waals surface area contributed by atoms with Gasteiger partial charge in [-0.1, -0.05) is 60.7 Å². The van der Waals surface area contributed by atoms with Crippen LogP contribution in [0.2, 0.25) is 0 Å². The Morgan fingerprint density at radius 3 is 1.63 bits per heavy atom. The third kappa shape index (κ3) is 6.01. The zero-order valence-corrected chi connectivity index (χ0v) is 25.6. The van der Waals surface area contributed by atoms with E-state index in [1.165, 1.54) is 18.2 Å². The Labute approximate surface area is 244 Å². The second-order valence-electron chi connectivity index (χ2n) is 7.29. The van der Waals surface area contributed by atoms with Gasteiger partial charge in [0, 0.05) is 21.8 Å². The lowest BCUT2D eigenvalue weighted by molar-refractivity contribution is 0.483. The molecule has 0 aliphatic carbocycles. The second kappa shape index (κ2) is 10.6. The zero-order chi connectivity index (χ0) is 25.4.